The molecule has 8 heteroatoms. The van der Waals surface area contributed by atoms with Gasteiger partial charge >= 0.3 is 5.91 Å². The second-order valence-corrected chi connectivity index (χ2v) is 6.77. The number of fused-ring (bicyclic) bond motifs is 2. The third kappa shape index (κ3) is 1.34. The molecule has 1 aromatic carbocycles. The predicted molar refractivity (Wildman–Crippen MR) is 87.8 cm³/mol. The van der Waals surface area contributed by atoms with Crippen molar-refractivity contribution in [1.29, 1.82) is 10.5 Å². The first-order valence-electron chi connectivity index (χ1n) is 8.18. The minimum atomic E-state index is -1.47. The van der Waals surface area contributed by atoms with E-state index in [1.165, 1.54) is 7.11 Å². The summed E-state index contributed by atoms with van der Waals surface area (Å²) >= 11 is 0. The fraction of sp³-hybridized carbons (Fsp3) is 0.500. The van der Waals surface area contributed by atoms with Crippen LogP contribution in [0.3, 0.4) is 0 Å². The lowest BCUT2D eigenvalue weighted by Gasteiger charge is -2.28. The highest BCUT2D eigenvalue weighted by Crippen LogP contribution is 2.83. The molecule has 0 unspecified atom stereocenters. The monoisotopic (exact) mass is 355 g/mol. The van der Waals surface area contributed by atoms with Crippen LogP contribution in [0.25, 0.3) is 0 Å². The summed E-state index contributed by atoms with van der Waals surface area (Å²) in [4.78, 5) is 2.94. The molecule has 2 heterocycles. The van der Waals surface area contributed by atoms with Crippen molar-refractivity contribution in [2.24, 2.45) is 16.6 Å². The topological polar surface area (TPSA) is 124 Å². The van der Waals surface area contributed by atoms with Gasteiger partial charge in [-0.2, -0.15) is 10.5 Å². The van der Waals surface area contributed by atoms with Crippen LogP contribution in [0.4, 0.5) is 0 Å². The zero-order valence-corrected chi connectivity index (χ0v) is 14.8. The van der Waals surface area contributed by atoms with Gasteiger partial charge in [0.25, 0.3) is 5.84 Å². The van der Waals surface area contributed by atoms with E-state index in [1.807, 2.05) is 6.92 Å². The Kier molecular flexibility index (Phi) is 3.12. The highest BCUT2D eigenvalue weighted by Gasteiger charge is 3.03. The van der Waals surface area contributed by atoms with Gasteiger partial charge in [0.2, 0.25) is 0 Å². The van der Waals surface area contributed by atoms with Crippen molar-refractivity contribution in [2.45, 2.75) is 18.2 Å². The van der Waals surface area contributed by atoms with Crippen molar-refractivity contribution >= 4 is 5.84 Å². The lowest BCUT2D eigenvalue weighted by Crippen LogP contribution is -2.90. The zero-order valence-electron chi connectivity index (χ0n) is 14.8. The molecule has 2 aliphatic heterocycles. The Morgan fingerprint density at radius 2 is 1.85 bits per heavy atom. The van der Waals surface area contributed by atoms with Gasteiger partial charge in [0, 0.05) is 5.56 Å². The van der Waals surface area contributed by atoms with E-state index >= 15 is 0 Å². The van der Waals surface area contributed by atoms with Crippen molar-refractivity contribution in [3.05, 3.63) is 23.8 Å². The maximum atomic E-state index is 10.3. The molecule has 3 atom stereocenters. The standard InChI is InChI=1S/C18H18N4O4/c1-15(12-8-11(23-2)4-5-13(12)24-3)16(9-19)14(21)22-18(17(15,16)10-20)25-6-7-26-18/h4-5,8H,6-7H2,1-3H3,(H2,21,22)/p+1/t15-,16+,17-/m1/s1. The summed E-state index contributed by atoms with van der Waals surface area (Å²) in [6, 6.07) is 9.87. The van der Waals surface area contributed by atoms with Crippen LogP contribution in [0.2, 0.25) is 0 Å². The summed E-state index contributed by atoms with van der Waals surface area (Å²) in [7, 11) is 3.09. The summed E-state index contributed by atoms with van der Waals surface area (Å²) in [6.45, 7) is 2.42. The molecule has 8 nitrogen and oxygen atoms in total. The quantitative estimate of drug-likeness (QED) is 0.723. The molecule has 3 aliphatic rings. The molecule has 3 N–H and O–H groups in total. The number of rotatable bonds is 3. The van der Waals surface area contributed by atoms with E-state index in [4.69, 9.17) is 24.7 Å². The first-order chi connectivity index (χ1) is 12.4. The number of hydrogen-bond donors (Lipinski definition) is 2. The van der Waals surface area contributed by atoms with Gasteiger partial charge in [-0.25, -0.2) is 4.99 Å². The number of hydrogen-bond acceptors (Lipinski definition) is 7. The van der Waals surface area contributed by atoms with Crippen LogP contribution < -0.4 is 20.2 Å². The van der Waals surface area contributed by atoms with Crippen molar-refractivity contribution < 1.29 is 23.9 Å². The van der Waals surface area contributed by atoms with Crippen LogP contribution in [0.1, 0.15) is 12.5 Å². The molecule has 0 aromatic heterocycles. The average molecular weight is 355 g/mol. The first kappa shape index (κ1) is 16.6. The molecule has 1 saturated heterocycles. The lowest BCUT2D eigenvalue weighted by molar-refractivity contribution is -0.677. The van der Waals surface area contributed by atoms with Crippen LogP contribution in [0.5, 0.6) is 11.5 Å². The van der Waals surface area contributed by atoms with E-state index in [0.717, 1.165) is 0 Å². The molecule has 26 heavy (non-hydrogen) atoms. The van der Waals surface area contributed by atoms with Gasteiger partial charge in [-0.3, -0.25) is 5.73 Å². The van der Waals surface area contributed by atoms with Gasteiger partial charge in [0.05, 0.1) is 45.0 Å². The fourth-order valence-corrected chi connectivity index (χ4v) is 4.97. The Hall–Kier alpha value is -2.81. The summed E-state index contributed by atoms with van der Waals surface area (Å²) in [5.74, 6) is -0.185. The molecule has 0 radical (unpaired) electrons. The van der Waals surface area contributed by atoms with Crippen LogP contribution >= 0.6 is 0 Å². The van der Waals surface area contributed by atoms with E-state index in [9.17, 15) is 10.5 Å². The molecular weight excluding hydrogens is 336 g/mol. The number of ether oxygens (including phenoxy) is 4. The van der Waals surface area contributed by atoms with Crippen molar-refractivity contribution in [1.82, 2.24) is 0 Å². The smallest absolute Gasteiger partial charge is 0.343 e. The van der Waals surface area contributed by atoms with Gasteiger partial charge in [-0.05, 0) is 18.2 Å². The van der Waals surface area contributed by atoms with Gasteiger partial charge in [0.1, 0.15) is 11.5 Å². The van der Waals surface area contributed by atoms with Gasteiger partial charge in [0.15, 0.2) is 10.8 Å². The third-order valence-corrected chi connectivity index (χ3v) is 6.17. The number of nitrogens with one attached hydrogen (secondary N) is 1. The molecule has 1 aromatic rings. The second kappa shape index (κ2) is 4.88. The average Bonchev–Trinajstić information content (AvgIpc) is 2.94. The molecular formula is C18H19N4O4+. The number of nitrogens with zero attached hydrogens (tertiary/aromatic N) is 2. The maximum absolute atomic E-state index is 10.3. The Morgan fingerprint density at radius 3 is 2.38 bits per heavy atom. The van der Waals surface area contributed by atoms with Crippen LogP contribution in [0.15, 0.2) is 18.2 Å². The Bertz CT molecular complexity index is 911. The van der Waals surface area contributed by atoms with Crippen LogP contribution in [-0.4, -0.2) is 39.2 Å². The predicted octanol–water partition coefficient (Wildman–Crippen LogP) is -0.853. The molecule has 1 spiro atoms. The maximum Gasteiger partial charge on any atom is 0.343 e. The summed E-state index contributed by atoms with van der Waals surface area (Å²) < 4.78 is 22.5. The number of amidine groups is 1. The van der Waals surface area contributed by atoms with E-state index in [0.29, 0.717) is 30.3 Å². The highest BCUT2D eigenvalue weighted by atomic mass is 16.8. The number of nitrogens with two attached hydrogens (primary N) is 1. The molecule has 1 aliphatic carbocycles. The molecule has 134 valence electrons. The van der Waals surface area contributed by atoms with E-state index in [1.54, 1.807) is 25.3 Å². The summed E-state index contributed by atoms with van der Waals surface area (Å²) in [5, 5.41) is 20.4. The minimum absolute atomic E-state index is 0.163. The normalized spacial score (nSPS) is 36.0. The number of benzene rings is 1. The Morgan fingerprint density at radius 1 is 1.15 bits per heavy atom. The van der Waals surface area contributed by atoms with Crippen molar-refractivity contribution in [3.63, 3.8) is 0 Å². The van der Waals surface area contributed by atoms with E-state index < -0.39 is 22.2 Å². The number of methoxy groups -OCH3 is 2. The zero-order chi connectivity index (χ0) is 18.8. The largest absolute Gasteiger partial charge is 0.497 e. The highest BCUT2D eigenvalue weighted by molar-refractivity contribution is 5.97. The lowest BCUT2D eigenvalue weighted by atomic mass is 9.84. The van der Waals surface area contributed by atoms with Gasteiger partial charge in [-0.1, -0.05) is 6.92 Å². The molecule has 4 rings (SSSR count). The molecule has 1 saturated carbocycles. The Labute approximate surface area is 150 Å². The Balaban J connectivity index is 2.03. The van der Waals surface area contributed by atoms with Crippen molar-refractivity contribution in [3.8, 4) is 23.6 Å². The number of nitriles is 2. The second-order valence-electron chi connectivity index (χ2n) is 6.77. The van der Waals surface area contributed by atoms with Crippen molar-refractivity contribution in [2.75, 3.05) is 27.4 Å². The molecule has 2 fully saturated rings. The van der Waals surface area contributed by atoms with Gasteiger partial charge in [-0.15, -0.1) is 0 Å². The van der Waals surface area contributed by atoms with E-state index in [2.05, 4.69) is 17.1 Å². The van der Waals surface area contributed by atoms with Gasteiger partial charge < -0.3 is 18.9 Å². The molecule has 0 amide bonds. The van der Waals surface area contributed by atoms with Crippen LogP contribution in [0, 0.1) is 33.5 Å². The fourth-order valence-electron chi connectivity index (χ4n) is 4.97. The summed E-state index contributed by atoms with van der Waals surface area (Å²) in [5.41, 5.74) is 3.17. The molecule has 0 bridgehead atoms. The van der Waals surface area contributed by atoms with E-state index in [-0.39, 0.29) is 5.84 Å². The SMILES string of the molecule is COc1ccc(OC)c([C@]2(C)[C@]3(C#N)C(N)=[NH+]C4(OCCO4)[C@@]32C#N)c1. The summed E-state index contributed by atoms with van der Waals surface area (Å²) in [6.07, 6.45) is 0. The van der Waals surface area contributed by atoms with Crippen LogP contribution in [-0.2, 0) is 14.9 Å². The first-order valence-corrected chi connectivity index (χ1v) is 8.18. The minimum Gasteiger partial charge on any atom is -0.497 e. The third-order valence-electron chi connectivity index (χ3n) is 6.17.